The largest absolute Gasteiger partial charge is 0.466 e. The van der Waals surface area contributed by atoms with Crippen LogP contribution in [0.3, 0.4) is 0 Å². The molecule has 0 fully saturated rings. The van der Waals surface area contributed by atoms with Gasteiger partial charge in [0.1, 0.15) is 0 Å². The van der Waals surface area contributed by atoms with E-state index >= 15 is 0 Å². The van der Waals surface area contributed by atoms with E-state index in [1.54, 1.807) is 0 Å². The van der Waals surface area contributed by atoms with Crippen molar-refractivity contribution in [2.24, 2.45) is 5.92 Å². The maximum Gasteiger partial charge on any atom is 0.305 e. The van der Waals surface area contributed by atoms with Gasteiger partial charge in [-0.2, -0.15) is 0 Å². The number of hydrogen-bond acceptors (Lipinski definition) is 2. The van der Waals surface area contributed by atoms with E-state index in [0.717, 1.165) is 18.8 Å². The van der Waals surface area contributed by atoms with Gasteiger partial charge in [-0.25, -0.2) is 0 Å². The molecule has 2 heteroatoms. The van der Waals surface area contributed by atoms with Crippen molar-refractivity contribution in [3.05, 3.63) is 0 Å². The summed E-state index contributed by atoms with van der Waals surface area (Å²) < 4.78 is 5.34. The first-order valence-corrected chi connectivity index (χ1v) is 11.8. The maximum absolute atomic E-state index is 11.7. The zero-order valence-electron chi connectivity index (χ0n) is 18.3. The van der Waals surface area contributed by atoms with Crippen LogP contribution < -0.4 is 0 Å². The van der Waals surface area contributed by atoms with Gasteiger partial charge in [-0.3, -0.25) is 4.79 Å². The summed E-state index contributed by atoms with van der Waals surface area (Å²) in [5.41, 5.74) is 0. The molecule has 0 aliphatic carbocycles. The predicted octanol–water partition coefficient (Wildman–Crippen LogP) is 8.23. The molecule has 0 N–H and O–H groups in total. The Morgan fingerprint density at radius 3 is 1.65 bits per heavy atom. The number of ether oxygens (including phenoxy) is 1. The first-order chi connectivity index (χ1) is 12.7. The minimum Gasteiger partial charge on any atom is -0.466 e. The predicted molar refractivity (Wildman–Crippen MR) is 115 cm³/mol. The van der Waals surface area contributed by atoms with E-state index in [2.05, 4.69) is 20.8 Å². The number of carbonyl (C=O) groups excluding carboxylic acids is 1. The van der Waals surface area contributed by atoms with Crippen molar-refractivity contribution in [1.82, 2.24) is 0 Å². The number of esters is 1. The molecule has 156 valence electrons. The normalized spacial score (nSPS) is 11.2. The topological polar surface area (TPSA) is 26.3 Å². The Bertz CT molecular complexity index is 286. The molecule has 2 nitrogen and oxygen atoms in total. The van der Waals surface area contributed by atoms with Gasteiger partial charge in [-0.15, -0.1) is 0 Å². The summed E-state index contributed by atoms with van der Waals surface area (Å²) in [5.74, 6) is 0.840. The van der Waals surface area contributed by atoms with Gasteiger partial charge in [0.2, 0.25) is 0 Å². The first kappa shape index (κ1) is 25.5. The summed E-state index contributed by atoms with van der Waals surface area (Å²) in [6, 6.07) is 0. The third kappa shape index (κ3) is 21.5. The molecule has 0 amide bonds. The fourth-order valence-electron chi connectivity index (χ4n) is 3.38. The van der Waals surface area contributed by atoms with Crippen molar-refractivity contribution in [2.45, 2.75) is 136 Å². The number of unbranched alkanes of at least 4 members (excludes halogenated alkanes) is 14. The summed E-state index contributed by atoms with van der Waals surface area (Å²) in [5, 5.41) is 0. The van der Waals surface area contributed by atoms with Gasteiger partial charge in [0.05, 0.1) is 6.61 Å². The lowest BCUT2D eigenvalue weighted by molar-refractivity contribution is -0.143. The second-order valence-electron chi connectivity index (χ2n) is 8.46. The molecule has 0 aromatic carbocycles. The Balaban J connectivity index is 3.15. The van der Waals surface area contributed by atoms with Gasteiger partial charge in [0.25, 0.3) is 0 Å². The quantitative estimate of drug-likeness (QED) is 0.160. The summed E-state index contributed by atoms with van der Waals surface area (Å²) >= 11 is 0. The fraction of sp³-hybridized carbons (Fsp3) is 0.958. The maximum atomic E-state index is 11.7. The van der Waals surface area contributed by atoms with Crippen LogP contribution in [0.1, 0.15) is 136 Å². The van der Waals surface area contributed by atoms with Crippen LogP contribution in [0.5, 0.6) is 0 Å². The Morgan fingerprint density at radius 2 is 1.12 bits per heavy atom. The monoisotopic (exact) mass is 368 g/mol. The van der Waals surface area contributed by atoms with Crippen LogP contribution in [-0.2, 0) is 9.53 Å². The molecule has 0 bridgehead atoms. The molecule has 0 rings (SSSR count). The smallest absolute Gasteiger partial charge is 0.305 e. The lowest BCUT2D eigenvalue weighted by atomic mass is 10.0. The van der Waals surface area contributed by atoms with Crippen LogP contribution in [-0.4, -0.2) is 12.6 Å². The molecule has 0 saturated carbocycles. The van der Waals surface area contributed by atoms with Gasteiger partial charge in [-0.05, 0) is 18.8 Å². The third-order valence-electron chi connectivity index (χ3n) is 5.17. The summed E-state index contributed by atoms with van der Waals surface area (Å²) in [6.07, 6.45) is 22.7. The van der Waals surface area contributed by atoms with Gasteiger partial charge >= 0.3 is 5.97 Å². The van der Waals surface area contributed by atoms with Crippen molar-refractivity contribution >= 4 is 5.97 Å². The lowest BCUT2D eigenvalue weighted by Crippen LogP contribution is -2.05. The molecule has 26 heavy (non-hydrogen) atoms. The second-order valence-corrected chi connectivity index (χ2v) is 8.46. The van der Waals surface area contributed by atoms with Crippen molar-refractivity contribution in [2.75, 3.05) is 6.61 Å². The van der Waals surface area contributed by atoms with E-state index in [1.165, 1.54) is 96.3 Å². The van der Waals surface area contributed by atoms with E-state index in [-0.39, 0.29) is 5.97 Å². The van der Waals surface area contributed by atoms with Gasteiger partial charge in [-0.1, -0.05) is 117 Å². The van der Waals surface area contributed by atoms with Gasteiger partial charge < -0.3 is 4.74 Å². The Kier molecular flexibility index (Phi) is 20.4. The second kappa shape index (κ2) is 20.8. The molecule has 0 heterocycles. The SMILES string of the molecule is CCCCCCCCCCCCCC(=O)OCCCCCCCC(C)C. The first-order valence-electron chi connectivity index (χ1n) is 11.8. The number of rotatable bonds is 20. The summed E-state index contributed by atoms with van der Waals surface area (Å²) in [6.45, 7) is 7.47. The molecule has 0 saturated heterocycles. The average Bonchev–Trinajstić information content (AvgIpc) is 2.61. The van der Waals surface area contributed by atoms with Crippen LogP contribution in [0.4, 0.5) is 0 Å². The molecule has 0 aliphatic heterocycles. The molecule has 0 radical (unpaired) electrons. The highest BCUT2D eigenvalue weighted by Gasteiger charge is 2.02. The molecular formula is C24H48O2. The van der Waals surface area contributed by atoms with Crippen molar-refractivity contribution < 1.29 is 9.53 Å². The fourth-order valence-corrected chi connectivity index (χ4v) is 3.38. The van der Waals surface area contributed by atoms with Crippen molar-refractivity contribution in [3.8, 4) is 0 Å². The highest BCUT2D eigenvalue weighted by atomic mass is 16.5. The van der Waals surface area contributed by atoms with Crippen LogP contribution in [0.2, 0.25) is 0 Å². The van der Waals surface area contributed by atoms with Crippen LogP contribution >= 0.6 is 0 Å². The summed E-state index contributed by atoms with van der Waals surface area (Å²) in [7, 11) is 0. The van der Waals surface area contributed by atoms with Crippen LogP contribution in [0, 0.1) is 5.92 Å². The molecule has 0 unspecified atom stereocenters. The van der Waals surface area contributed by atoms with E-state index in [0.29, 0.717) is 13.0 Å². The van der Waals surface area contributed by atoms with Crippen LogP contribution in [0.25, 0.3) is 0 Å². The average molecular weight is 369 g/mol. The Morgan fingerprint density at radius 1 is 0.654 bits per heavy atom. The molecule has 0 atom stereocenters. The lowest BCUT2D eigenvalue weighted by Gasteiger charge is -2.06. The van der Waals surface area contributed by atoms with E-state index in [9.17, 15) is 4.79 Å². The standard InChI is InChI=1S/C24H48O2/c1-4-5-6-7-8-9-10-11-12-15-18-21-24(25)26-22-19-16-13-14-17-20-23(2)3/h23H,4-22H2,1-3H3. The van der Waals surface area contributed by atoms with E-state index < -0.39 is 0 Å². The molecular weight excluding hydrogens is 320 g/mol. The Hall–Kier alpha value is -0.530. The van der Waals surface area contributed by atoms with Gasteiger partial charge in [0.15, 0.2) is 0 Å². The van der Waals surface area contributed by atoms with Crippen LogP contribution in [0.15, 0.2) is 0 Å². The minimum absolute atomic E-state index is 0.0146. The van der Waals surface area contributed by atoms with E-state index in [1.807, 2.05) is 0 Å². The number of carbonyl (C=O) groups is 1. The zero-order chi connectivity index (χ0) is 19.3. The van der Waals surface area contributed by atoms with E-state index in [4.69, 9.17) is 4.74 Å². The molecule has 0 aromatic heterocycles. The Labute approximate surface area is 164 Å². The van der Waals surface area contributed by atoms with Crippen molar-refractivity contribution in [1.29, 1.82) is 0 Å². The zero-order valence-corrected chi connectivity index (χ0v) is 18.3. The molecule has 0 aromatic rings. The number of hydrogen-bond donors (Lipinski definition) is 0. The third-order valence-corrected chi connectivity index (χ3v) is 5.17. The van der Waals surface area contributed by atoms with Crippen molar-refractivity contribution in [3.63, 3.8) is 0 Å². The minimum atomic E-state index is 0.0146. The van der Waals surface area contributed by atoms with Gasteiger partial charge in [0, 0.05) is 6.42 Å². The molecule has 0 aliphatic rings. The summed E-state index contributed by atoms with van der Waals surface area (Å²) in [4.78, 5) is 11.7. The highest BCUT2D eigenvalue weighted by Crippen LogP contribution is 2.13. The highest BCUT2D eigenvalue weighted by molar-refractivity contribution is 5.69. The molecule has 0 spiro atoms.